The second-order valence-corrected chi connectivity index (χ2v) is 12.8. The third kappa shape index (κ3) is 2.58. The number of allylic oxidation sites excluding steroid dienone is 1. The molecule has 4 aliphatic carbocycles. The number of ketones is 1. The quantitative estimate of drug-likeness (QED) is 0.474. The number of esters is 1. The average molecular weight is 471 g/mol. The van der Waals surface area contributed by atoms with E-state index >= 15 is 0 Å². The second-order valence-electron chi connectivity index (χ2n) is 12.8. The maximum atomic E-state index is 13.3. The van der Waals surface area contributed by atoms with Gasteiger partial charge in [-0.3, -0.25) is 4.79 Å². The Morgan fingerprint density at radius 2 is 1.85 bits per heavy atom. The van der Waals surface area contributed by atoms with Gasteiger partial charge in [0.05, 0.1) is 11.5 Å². The van der Waals surface area contributed by atoms with Crippen molar-refractivity contribution in [2.45, 2.75) is 103 Å². The first-order valence-corrected chi connectivity index (χ1v) is 13.1. The smallest absolute Gasteiger partial charge is 0.334 e. The fraction of sp³-hybridized carbons (Fsp3) is 0.786. The van der Waals surface area contributed by atoms with Crippen molar-refractivity contribution in [1.82, 2.24) is 0 Å². The van der Waals surface area contributed by atoms with Crippen LogP contribution in [0.25, 0.3) is 0 Å². The van der Waals surface area contributed by atoms with E-state index in [9.17, 15) is 19.8 Å². The van der Waals surface area contributed by atoms with Crippen molar-refractivity contribution < 1.29 is 29.3 Å². The van der Waals surface area contributed by atoms with E-state index in [-0.39, 0.29) is 47.1 Å². The lowest BCUT2D eigenvalue weighted by Gasteiger charge is -2.60. The molecule has 4 fully saturated rings. The number of epoxide rings is 1. The summed E-state index contributed by atoms with van der Waals surface area (Å²) in [5, 5.41) is 23.6. The number of aliphatic hydroxyl groups is 2. The molecule has 6 nitrogen and oxygen atoms in total. The predicted molar refractivity (Wildman–Crippen MR) is 125 cm³/mol. The maximum Gasteiger partial charge on any atom is 0.334 e. The number of rotatable bonds is 2. The van der Waals surface area contributed by atoms with Crippen LogP contribution in [-0.2, 0) is 19.1 Å². The van der Waals surface area contributed by atoms with Crippen LogP contribution in [0, 0.1) is 34.5 Å². The van der Waals surface area contributed by atoms with Crippen LogP contribution >= 0.6 is 0 Å². The van der Waals surface area contributed by atoms with Crippen LogP contribution in [0.2, 0.25) is 0 Å². The lowest BCUT2D eigenvalue weighted by atomic mass is 9.43. The first kappa shape index (κ1) is 22.9. The van der Waals surface area contributed by atoms with Gasteiger partial charge in [-0.1, -0.05) is 18.6 Å². The van der Waals surface area contributed by atoms with Crippen molar-refractivity contribution in [3.63, 3.8) is 0 Å². The van der Waals surface area contributed by atoms with Gasteiger partial charge < -0.3 is 19.7 Å². The van der Waals surface area contributed by atoms with Gasteiger partial charge in [0.15, 0.2) is 5.78 Å². The maximum absolute atomic E-state index is 13.3. The van der Waals surface area contributed by atoms with Crippen molar-refractivity contribution >= 4 is 11.8 Å². The minimum atomic E-state index is -1.14. The Hall–Kier alpha value is -1.50. The van der Waals surface area contributed by atoms with Gasteiger partial charge in [-0.15, -0.1) is 0 Å². The van der Waals surface area contributed by atoms with Gasteiger partial charge in [0, 0.05) is 12.0 Å². The predicted octanol–water partition coefficient (Wildman–Crippen LogP) is 3.50. The minimum Gasteiger partial charge on any atom is -0.456 e. The van der Waals surface area contributed by atoms with Crippen molar-refractivity contribution in [2.24, 2.45) is 34.5 Å². The highest BCUT2D eigenvalue weighted by Gasteiger charge is 2.78. The Bertz CT molecular complexity index is 1030. The third-order valence-corrected chi connectivity index (χ3v) is 11.6. The van der Waals surface area contributed by atoms with Gasteiger partial charge in [0.2, 0.25) is 0 Å². The summed E-state index contributed by atoms with van der Waals surface area (Å²) in [6.45, 7) is 9.86. The van der Waals surface area contributed by atoms with Crippen LogP contribution in [0.4, 0.5) is 0 Å². The highest BCUT2D eigenvalue weighted by Crippen LogP contribution is 2.72. The molecule has 0 amide bonds. The van der Waals surface area contributed by atoms with E-state index in [0.29, 0.717) is 24.3 Å². The zero-order valence-electron chi connectivity index (χ0n) is 21.0. The molecule has 2 aliphatic heterocycles. The number of ether oxygens (including phenoxy) is 2. The van der Waals surface area contributed by atoms with Crippen molar-refractivity contribution in [2.75, 3.05) is 0 Å². The molecule has 0 unspecified atom stereocenters. The van der Waals surface area contributed by atoms with Crippen LogP contribution in [0.3, 0.4) is 0 Å². The van der Waals surface area contributed by atoms with Crippen LogP contribution in [-0.4, -0.2) is 51.5 Å². The number of cyclic esters (lactones) is 1. The first-order chi connectivity index (χ1) is 15.9. The van der Waals surface area contributed by atoms with Crippen LogP contribution in [0.5, 0.6) is 0 Å². The molecule has 0 aromatic heterocycles. The molecule has 34 heavy (non-hydrogen) atoms. The van der Waals surface area contributed by atoms with Crippen molar-refractivity contribution in [3.05, 3.63) is 23.3 Å². The van der Waals surface area contributed by atoms with E-state index in [1.165, 1.54) is 0 Å². The average Bonchev–Trinajstić information content (AvgIpc) is 3.49. The summed E-state index contributed by atoms with van der Waals surface area (Å²) in [4.78, 5) is 25.7. The summed E-state index contributed by atoms with van der Waals surface area (Å²) in [7, 11) is 0. The van der Waals surface area contributed by atoms with Crippen LogP contribution < -0.4 is 0 Å². The lowest BCUT2D eigenvalue weighted by Crippen LogP contribution is -2.67. The molecule has 0 spiro atoms. The van der Waals surface area contributed by atoms with Gasteiger partial charge >= 0.3 is 5.97 Å². The Morgan fingerprint density at radius 1 is 1.12 bits per heavy atom. The number of fused-ring (bicyclic) bond motifs is 8. The molecule has 6 rings (SSSR count). The Labute approximate surface area is 201 Å². The Kier molecular flexibility index (Phi) is 4.61. The summed E-state index contributed by atoms with van der Waals surface area (Å²) in [6.07, 6.45) is 7.18. The largest absolute Gasteiger partial charge is 0.456 e. The molecule has 6 aliphatic rings. The van der Waals surface area contributed by atoms with E-state index < -0.39 is 22.7 Å². The summed E-state index contributed by atoms with van der Waals surface area (Å²) >= 11 is 0. The van der Waals surface area contributed by atoms with E-state index in [1.54, 1.807) is 13.0 Å². The van der Waals surface area contributed by atoms with Gasteiger partial charge in [0.25, 0.3) is 0 Å². The Balaban J connectivity index is 1.33. The zero-order valence-corrected chi connectivity index (χ0v) is 21.0. The molecule has 6 heteroatoms. The topological polar surface area (TPSA) is 96.4 Å². The molecule has 0 aromatic rings. The molecule has 2 heterocycles. The van der Waals surface area contributed by atoms with E-state index in [1.807, 2.05) is 26.8 Å². The third-order valence-electron chi connectivity index (χ3n) is 11.6. The monoisotopic (exact) mass is 470 g/mol. The first-order valence-electron chi connectivity index (χ1n) is 13.1. The standard InChI is InChI=1S/C28H38O6/c1-14-13-20(33-24(30)15(14)2)27(5,31)18-9-8-16-21-17(10-12-25(16,18)3)26(4)19(29)7-6-11-28(26,32)23-22(21)34-23/h6-7,16-18,20-23,31-32H,8-13H2,1-5H3/t16-,17+,18-,20+,21-,22-,23-,25-,26-,27+,28-/m0/s1. The van der Waals surface area contributed by atoms with E-state index in [0.717, 1.165) is 31.3 Å². The minimum absolute atomic E-state index is 0.0114. The van der Waals surface area contributed by atoms with E-state index in [2.05, 4.69) is 6.92 Å². The van der Waals surface area contributed by atoms with Gasteiger partial charge in [0.1, 0.15) is 23.4 Å². The molecular weight excluding hydrogens is 432 g/mol. The molecule has 0 aromatic carbocycles. The van der Waals surface area contributed by atoms with Crippen molar-refractivity contribution in [3.8, 4) is 0 Å². The number of hydrogen-bond donors (Lipinski definition) is 2. The summed E-state index contributed by atoms with van der Waals surface area (Å²) < 4.78 is 12.0. The fourth-order valence-corrected chi connectivity index (χ4v) is 9.36. The molecule has 1 saturated heterocycles. The number of carbonyl (C=O) groups excluding carboxylic acids is 2. The fourth-order valence-electron chi connectivity index (χ4n) is 9.36. The second kappa shape index (κ2) is 6.83. The molecular formula is C28H38O6. The summed E-state index contributed by atoms with van der Waals surface area (Å²) in [6, 6.07) is 0. The van der Waals surface area contributed by atoms with Gasteiger partial charge in [-0.05, 0) is 95.0 Å². The molecule has 0 radical (unpaired) electrons. The molecule has 0 bridgehead atoms. The summed E-state index contributed by atoms with van der Waals surface area (Å²) in [5.41, 5.74) is -1.60. The van der Waals surface area contributed by atoms with Crippen molar-refractivity contribution in [1.29, 1.82) is 0 Å². The molecule has 11 atom stereocenters. The molecule has 2 N–H and O–H groups in total. The van der Waals surface area contributed by atoms with Crippen LogP contribution in [0.15, 0.2) is 23.3 Å². The highest BCUT2D eigenvalue weighted by atomic mass is 16.6. The Morgan fingerprint density at radius 3 is 2.56 bits per heavy atom. The zero-order chi connectivity index (χ0) is 24.4. The van der Waals surface area contributed by atoms with Gasteiger partial charge in [-0.25, -0.2) is 4.79 Å². The van der Waals surface area contributed by atoms with Gasteiger partial charge in [-0.2, -0.15) is 0 Å². The normalized spacial score (nSPS) is 53.3. The van der Waals surface area contributed by atoms with E-state index in [4.69, 9.17) is 9.47 Å². The SMILES string of the molecule is CC1=C(C)C(=O)O[C@@H]([C@](C)(O)[C@H]2CC[C@H]3[C@@H]4[C@@H]5O[C@@H]5[C@@]5(O)CC=CC(=O)[C@]5(C)[C@@H]4CC[C@]23C)C1. The lowest BCUT2D eigenvalue weighted by molar-refractivity contribution is -0.195. The molecule has 3 saturated carbocycles. The molecule has 186 valence electrons. The van der Waals surface area contributed by atoms with Crippen LogP contribution in [0.1, 0.15) is 73.1 Å². The summed E-state index contributed by atoms with van der Waals surface area (Å²) in [5.74, 6) is 0.263. The number of carbonyl (C=O) groups is 2. The number of hydrogen-bond acceptors (Lipinski definition) is 6. The highest BCUT2D eigenvalue weighted by molar-refractivity contribution is 5.97.